The molecule has 3 N–H and O–H groups in total. The minimum Gasteiger partial charge on any atom is -0.323 e. The summed E-state index contributed by atoms with van der Waals surface area (Å²) in [5.41, 5.74) is 0.248. The van der Waals surface area contributed by atoms with Gasteiger partial charge in [0, 0.05) is 17.7 Å². The van der Waals surface area contributed by atoms with Crippen LogP contribution >= 0.6 is 0 Å². The zero-order valence-corrected chi connectivity index (χ0v) is 11.9. The van der Waals surface area contributed by atoms with Gasteiger partial charge in [0.2, 0.25) is 0 Å². The van der Waals surface area contributed by atoms with Crippen molar-refractivity contribution in [3.8, 4) is 0 Å². The molecule has 8 heteroatoms. The molecule has 0 aromatic heterocycles. The SMILES string of the molecule is NOCC(=O)Nc1ccc([N+](=O)[O-])cc1C(=O)c1ccccc1. The summed E-state index contributed by atoms with van der Waals surface area (Å²) < 4.78 is 0. The number of nitrogens with zero attached hydrogens (tertiary/aromatic N) is 1. The second-order valence-electron chi connectivity index (χ2n) is 4.54. The minimum atomic E-state index is -0.615. The number of hydrogen-bond acceptors (Lipinski definition) is 6. The number of carbonyl (C=O) groups is 2. The molecule has 0 aliphatic rings. The molecule has 0 bridgehead atoms. The van der Waals surface area contributed by atoms with E-state index in [1.807, 2.05) is 0 Å². The van der Waals surface area contributed by atoms with Gasteiger partial charge in [-0.25, -0.2) is 5.90 Å². The normalized spacial score (nSPS) is 10.1. The van der Waals surface area contributed by atoms with Crippen molar-refractivity contribution in [2.24, 2.45) is 5.90 Å². The fourth-order valence-electron chi connectivity index (χ4n) is 1.95. The topological polar surface area (TPSA) is 125 Å². The van der Waals surface area contributed by atoms with Crippen molar-refractivity contribution in [3.63, 3.8) is 0 Å². The van der Waals surface area contributed by atoms with Gasteiger partial charge in [-0.05, 0) is 6.07 Å². The minimum absolute atomic E-state index is 0.00997. The van der Waals surface area contributed by atoms with Gasteiger partial charge in [-0.2, -0.15) is 0 Å². The van der Waals surface area contributed by atoms with Crippen LogP contribution in [-0.4, -0.2) is 23.2 Å². The van der Waals surface area contributed by atoms with Gasteiger partial charge >= 0.3 is 0 Å². The van der Waals surface area contributed by atoms with E-state index in [1.165, 1.54) is 12.1 Å². The molecular formula is C15H13N3O5. The van der Waals surface area contributed by atoms with Crippen LogP contribution in [0.1, 0.15) is 15.9 Å². The summed E-state index contributed by atoms with van der Waals surface area (Å²) in [4.78, 5) is 38.7. The Morgan fingerprint density at radius 1 is 1.17 bits per heavy atom. The lowest BCUT2D eigenvalue weighted by Gasteiger charge is -2.10. The number of benzene rings is 2. The largest absolute Gasteiger partial charge is 0.323 e. The first-order valence-corrected chi connectivity index (χ1v) is 6.52. The van der Waals surface area contributed by atoms with Crippen LogP contribution in [0.25, 0.3) is 0 Å². The first-order valence-electron chi connectivity index (χ1n) is 6.52. The van der Waals surface area contributed by atoms with Gasteiger partial charge in [-0.3, -0.25) is 24.5 Å². The van der Waals surface area contributed by atoms with E-state index >= 15 is 0 Å². The lowest BCUT2D eigenvalue weighted by molar-refractivity contribution is -0.384. The molecule has 0 aliphatic heterocycles. The van der Waals surface area contributed by atoms with Crippen molar-refractivity contribution in [1.29, 1.82) is 0 Å². The Morgan fingerprint density at radius 2 is 1.87 bits per heavy atom. The highest BCUT2D eigenvalue weighted by molar-refractivity contribution is 6.14. The monoisotopic (exact) mass is 315 g/mol. The Hall–Kier alpha value is -3.10. The van der Waals surface area contributed by atoms with Gasteiger partial charge in [0.1, 0.15) is 6.61 Å². The number of hydrogen-bond donors (Lipinski definition) is 2. The summed E-state index contributed by atoms with van der Waals surface area (Å²) in [7, 11) is 0. The number of rotatable bonds is 6. The Kier molecular flexibility index (Phi) is 5.13. The van der Waals surface area contributed by atoms with E-state index in [1.54, 1.807) is 30.3 Å². The van der Waals surface area contributed by atoms with E-state index in [9.17, 15) is 19.7 Å². The number of amides is 1. The van der Waals surface area contributed by atoms with Crippen molar-refractivity contribution in [2.45, 2.75) is 0 Å². The molecule has 2 aromatic rings. The molecule has 23 heavy (non-hydrogen) atoms. The maximum atomic E-state index is 12.6. The van der Waals surface area contributed by atoms with Crippen molar-refractivity contribution < 1.29 is 19.3 Å². The van der Waals surface area contributed by atoms with Gasteiger partial charge in [0.15, 0.2) is 5.78 Å². The zero-order valence-electron chi connectivity index (χ0n) is 11.9. The third-order valence-corrected chi connectivity index (χ3v) is 2.98. The predicted octanol–water partition coefficient (Wildman–Crippen LogP) is 1.65. The van der Waals surface area contributed by atoms with Gasteiger partial charge in [0.25, 0.3) is 11.6 Å². The van der Waals surface area contributed by atoms with Gasteiger partial charge < -0.3 is 5.32 Å². The highest BCUT2D eigenvalue weighted by Crippen LogP contribution is 2.25. The van der Waals surface area contributed by atoms with Gasteiger partial charge in [0.05, 0.1) is 16.2 Å². The van der Waals surface area contributed by atoms with E-state index in [2.05, 4.69) is 10.2 Å². The second kappa shape index (κ2) is 7.25. The Morgan fingerprint density at radius 3 is 2.48 bits per heavy atom. The Balaban J connectivity index is 2.44. The van der Waals surface area contributed by atoms with Crippen LogP contribution in [0, 0.1) is 10.1 Å². The van der Waals surface area contributed by atoms with Gasteiger partial charge in [-0.15, -0.1) is 0 Å². The number of nitrogens with two attached hydrogens (primary N) is 1. The summed E-state index contributed by atoms with van der Waals surface area (Å²) in [5.74, 6) is 3.79. The molecule has 1 amide bonds. The molecule has 0 spiro atoms. The summed E-state index contributed by atoms with van der Waals surface area (Å²) in [6, 6.07) is 11.9. The van der Waals surface area contributed by atoms with Crippen molar-refractivity contribution in [3.05, 3.63) is 69.8 Å². The van der Waals surface area contributed by atoms with Crippen molar-refractivity contribution in [1.82, 2.24) is 0 Å². The molecule has 8 nitrogen and oxygen atoms in total. The molecule has 0 fully saturated rings. The smallest absolute Gasteiger partial charge is 0.270 e. The van der Waals surface area contributed by atoms with Crippen LogP contribution < -0.4 is 11.2 Å². The molecular weight excluding hydrogens is 302 g/mol. The highest BCUT2D eigenvalue weighted by atomic mass is 16.6. The van der Waals surface area contributed by atoms with E-state index < -0.39 is 23.2 Å². The molecule has 0 unspecified atom stereocenters. The summed E-state index contributed by atoms with van der Waals surface area (Å²) in [6.45, 7) is -0.407. The highest BCUT2D eigenvalue weighted by Gasteiger charge is 2.19. The number of nitrogens with one attached hydrogen (secondary N) is 1. The zero-order chi connectivity index (χ0) is 16.8. The third-order valence-electron chi connectivity index (χ3n) is 2.98. The lowest BCUT2D eigenvalue weighted by Crippen LogP contribution is -2.21. The van der Waals surface area contributed by atoms with E-state index in [0.717, 1.165) is 6.07 Å². The lowest BCUT2D eigenvalue weighted by atomic mass is 10.0. The first kappa shape index (κ1) is 16.3. The Bertz CT molecular complexity index is 746. The number of anilines is 1. The fraction of sp³-hybridized carbons (Fsp3) is 0.0667. The van der Waals surface area contributed by atoms with Crippen LogP contribution in [0.4, 0.5) is 11.4 Å². The molecule has 0 atom stereocenters. The van der Waals surface area contributed by atoms with Crippen LogP contribution in [0.15, 0.2) is 48.5 Å². The van der Waals surface area contributed by atoms with E-state index in [0.29, 0.717) is 5.56 Å². The number of ketones is 1. The summed E-state index contributed by atoms with van der Waals surface area (Å²) in [5, 5.41) is 13.4. The number of nitro groups is 1. The van der Waals surface area contributed by atoms with Crippen molar-refractivity contribution in [2.75, 3.05) is 11.9 Å². The molecule has 0 heterocycles. The number of non-ortho nitro benzene ring substituents is 1. The fourth-order valence-corrected chi connectivity index (χ4v) is 1.95. The predicted molar refractivity (Wildman–Crippen MR) is 81.7 cm³/mol. The average molecular weight is 315 g/mol. The van der Waals surface area contributed by atoms with Gasteiger partial charge in [-0.1, -0.05) is 30.3 Å². The molecule has 0 aliphatic carbocycles. The quantitative estimate of drug-likeness (QED) is 0.474. The second-order valence-corrected chi connectivity index (χ2v) is 4.54. The van der Waals surface area contributed by atoms with Crippen LogP contribution in [0.3, 0.4) is 0 Å². The molecule has 0 radical (unpaired) electrons. The van der Waals surface area contributed by atoms with Crippen LogP contribution in [0.2, 0.25) is 0 Å². The van der Waals surface area contributed by atoms with E-state index in [4.69, 9.17) is 5.90 Å². The molecule has 0 saturated heterocycles. The Labute approximate surface area is 131 Å². The molecule has 118 valence electrons. The molecule has 2 rings (SSSR count). The summed E-state index contributed by atoms with van der Waals surface area (Å²) in [6.07, 6.45) is 0. The van der Waals surface area contributed by atoms with Crippen LogP contribution in [0.5, 0.6) is 0 Å². The molecule has 2 aromatic carbocycles. The van der Waals surface area contributed by atoms with Crippen molar-refractivity contribution >= 4 is 23.1 Å². The molecule has 0 saturated carbocycles. The first-order chi connectivity index (χ1) is 11.0. The maximum absolute atomic E-state index is 12.6. The standard InChI is InChI=1S/C15H13N3O5/c16-23-9-14(19)17-13-7-6-11(18(21)22)8-12(13)15(20)10-4-2-1-3-5-10/h1-8H,9,16H2,(H,17,19). The number of carbonyl (C=O) groups excluding carboxylic acids is 2. The third kappa shape index (κ3) is 3.96. The average Bonchev–Trinajstić information content (AvgIpc) is 2.55. The van der Waals surface area contributed by atoms with E-state index in [-0.39, 0.29) is 16.9 Å². The van der Waals surface area contributed by atoms with Crippen LogP contribution in [-0.2, 0) is 9.63 Å². The summed E-state index contributed by atoms with van der Waals surface area (Å²) >= 11 is 0. The number of nitro benzene ring substituents is 1. The maximum Gasteiger partial charge on any atom is 0.270 e.